The molecule has 0 heteroatoms. The van der Waals surface area contributed by atoms with Crippen LogP contribution in [0.5, 0.6) is 0 Å². The van der Waals surface area contributed by atoms with Crippen molar-refractivity contribution in [2.45, 2.75) is 496 Å². The molecule has 0 N–H and O–H groups in total. The summed E-state index contributed by atoms with van der Waals surface area (Å²) in [4.78, 5) is 0. The lowest BCUT2D eigenvalue weighted by atomic mass is 9.94. The van der Waals surface area contributed by atoms with Crippen LogP contribution in [-0.2, 0) is 0 Å². The molecule has 0 spiro atoms. The van der Waals surface area contributed by atoms with E-state index >= 15 is 0 Å². The van der Waals surface area contributed by atoms with Gasteiger partial charge in [-0.1, -0.05) is 496 Å². The largest absolute Gasteiger partial charge is 0.0654 e. The molecule has 0 amide bonds. The van der Waals surface area contributed by atoms with Crippen LogP contribution >= 0.6 is 0 Å². The van der Waals surface area contributed by atoms with Gasteiger partial charge in [0.05, 0.1) is 0 Å². The maximum atomic E-state index is 2.47. The Morgan fingerprint density at radius 1 is 0.118 bits per heavy atom. The quantitative estimate of drug-likeness (QED) is 0.0533. The molecule has 0 aliphatic heterocycles. The van der Waals surface area contributed by atoms with Gasteiger partial charge >= 0.3 is 0 Å². The molecule has 4 atom stereocenters. The molecule has 0 aliphatic carbocycles. The lowest BCUT2D eigenvalue weighted by Crippen LogP contribution is -1.97. The van der Waals surface area contributed by atoms with Crippen LogP contribution in [0.4, 0.5) is 0 Å². The summed E-state index contributed by atoms with van der Waals surface area (Å²) < 4.78 is 0. The first kappa shape index (κ1) is 89.2. The first-order valence-corrected chi connectivity index (χ1v) is 41.1. The second-order valence-corrected chi connectivity index (χ2v) is 32.3. The smallest absolute Gasteiger partial charge is 0.0443 e. The van der Waals surface area contributed by atoms with Crippen molar-refractivity contribution in [3.63, 3.8) is 0 Å². The number of hydrogen-bond acceptors (Lipinski definition) is 0. The fraction of sp³-hybridized carbons (Fsp3) is 1.00. The molecule has 0 aromatic carbocycles. The van der Waals surface area contributed by atoms with E-state index in [0.29, 0.717) is 0 Å². The average molecular weight is 1200 g/mol. The molecule has 516 valence electrons. The molecule has 0 nitrogen and oxygen atoms in total. The van der Waals surface area contributed by atoms with Gasteiger partial charge in [0.25, 0.3) is 0 Å². The molecular weight excluding hydrogens is 1020 g/mol. The van der Waals surface area contributed by atoms with E-state index in [0.717, 1.165) is 53.3 Å². The van der Waals surface area contributed by atoms with E-state index in [1.54, 1.807) is 0 Å². The highest BCUT2D eigenvalue weighted by Crippen LogP contribution is 2.24. The summed E-state index contributed by atoms with van der Waals surface area (Å²) in [5.41, 5.74) is 0. The van der Waals surface area contributed by atoms with E-state index < -0.39 is 0 Å². The Labute approximate surface area is 545 Å². The fourth-order valence-electron chi connectivity index (χ4n) is 13.4. The van der Waals surface area contributed by atoms with E-state index in [1.807, 2.05) is 0 Å². The van der Waals surface area contributed by atoms with Crippen molar-refractivity contribution in [1.29, 1.82) is 0 Å². The Balaban J connectivity index is -0.00000123. The van der Waals surface area contributed by atoms with Crippen LogP contribution in [-0.4, -0.2) is 0 Å². The lowest BCUT2D eigenvalue weighted by molar-refractivity contribution is 0.417. The minimum Gasteiger partial charge on any atom is -0.0654 e. The summed E-state index contributed by atoms with van der Waals surface area (Å²) in [7, 11) is 0. The van der Waals surface area contributed by atoms with Crippen molar-refractivity contribution in [2.24, 2.45) is 53.3 Å². The van der Waals surface area contributed by atoms with Crippen LogP contribution in [0.2, 0.25) is 0 Å². The zero-order chi connectivity index (χ0) is 63.3. The van der Waals surface area contributed by atoms with Crippen LogP contribution in [0.1, 0.15) is 496 Å². The normalized spacial score (nSPS) is 13.3. The zero-order valence-electron chi connectivity index (χ0n) is 63.3. The number of unbranched alkanes of at least 4 members (excludes halogenated alkanes) is 41. The van der Waals surface area contributed by atoms with Gasteiger partial charge in [0, 0.05) is 0 Å². The maximum Gasteiger partial charge on any atom is -0.0443 e. The molecule has 85 heavy (non-hydrogen) atoms. The number of hydrogen-bond donors (Lipinski definition) is 0. The van der Waals surface area contributed by atoms with Crippen LogP contribution in [0.15, 0.2) is 0 Å². The van der Waals surface area contributed by atoms with Crippen molar-refractivity contribution in [2.75, 3.05) is 0 Å². The SMILES string of the molecule is CC(C)CCCC(C)CCCCCCCCCCCCCCCCCCCC(C)CCCC(C)C.CC(C)CCCCCCCCCCCCCCCCCCCC(C)CCCC(C)C.CCCCCCCCCCCCC(C)CCCC(C)C. The summed E-state index contributed by atoms with van der Waals surface area (Å²) >= 11 is 0. The lowest BCUT2D eigenvalue weighted by Gasteiger charge is -2.12. The van der Waals surface area contributed by atoms with Gasteiger partial charge in [-0.2, -0.15) is 0 Å². The van der Waals surface area contributed by atoms with Gasteiger partial charge in [-0.25, -0.2) is 0 Å². The Hall–Kier alpha value is 0. The van der Waals surface area contributed by atoms with E-state index in [9.17, 15) is 0 Å². The van der Waals surface area contributed by atoms with Crippen molar-refractivity contribution >= 4 is 0 Å². The Bertz CT molecular complexity index is 1090. The molecule has 0 aromatic heterocycles. The maximum absolute atomic E-state index is 2.47. The molecule has 0 bridgehead atoms. The molecule has 0 heterocycles. The topological polar surface area (TPSA) is 0 Å². The van der Waals surface area contributed by atoms with Crippen LogP contribution < -0.4 is 0 Å². The van der Waals surface area contributed by atoms with Crippen LogP contribution in [0.25, 0.3) is 0 Å². The third-order valence-electron chi connectivity index (χ3n) is 19.8. The molecule has 0 fully saturated rings. The summed E-state index contributed by atoms with van der Waals surface area (Å²) in [6, 6.07) is 0. The molecular formula is C85H176. The zero-order valence-corrected chi connectivity index (χ0v) is 63.3. The monoisotopic (exact) mass is 1200 g/mol. The van der Waals surface area contributed by atoms with E-state index in [1.165, 1.54) is 392 Å². The third-order valence-corrected chi connectivity index (χ3v) is 19.8. The molecule has 0 aliphatic rings. The van der Waals surface area contributed by atoms with E-state index in [4.69, 9.17) is 0 Å². The van der Waals surface area contributed by atoms with Gasteiger partial charge in [-0.3, -0.25) is 0 Å². The summed E-state index contributed by atoms with van der Waals surface area (Å²) in [5.74, 6) is 8.27. The van der Waals surface area contributed by atoms with Crippen molar-refractivity contribution in [3.05, 3.63) is 0 Å². The van der Waals surface area contributed by atoms with Gasteiger partial charge < -0.3 is 0 Å². The van der Waals surface area contributed by atoms with Crippen molar-refractivity contribution in [3.8, 4) is 0 Å². The van der Waals surface area contributed by atoms with Crippen LogP contribution in [0.3, 0.4) is 0 Å². The average Bonchev–Trinajstić information content (AvgIpc) is 3.44. The molecule has 0 saturated heterocycles. The first-order chi connectivity index (χ1) is 41.1. The van der Waals surface area contributed by atoms with E-state index in [-0.39, 0.29) is 0 Å². The Morgan fingerprint density at radius 2 is 0.224 bits per heavy atom. The minimum atomic E-state index is 0.884. The standard InChI is InChI=1S/C35H72.C30H62.C20H42/c1-32(2)26-24-30-34(5)28-22-20-18-16-14-12-10-8-7-9-11-13-15-17-19-21-23-29-35(6)31-25-27-33(3)4;1-28(2)24-21-19-17-15-13-11-9-7-6-8-10-12-14-16-18-20-22-26-30(5)27-23-25-29(3)4;1-5-6-7-8-9-10-11-12-13-14-17-20(4)18-15-16-19(2)3/h32-35H,7-31H2,1-6H3;28-30H,6-27H2,1-5H3;19-20H,5-18H2,1-4H3. The molecule has 0 saturated carbocycles. The minimum absolute atomic E-state index is 0.884. The Morgan fingerprint density at radius 3 is 0.365 bits per heavy atom. The van der Waals surface area contributed by atoms with Gasteiger partial charge in [-0.05, 0) is 53.3 Å². The summed E-state index contributed by atoms with van der Waals surface area (Å²) in [5, 5.41) is 0. The van der Waals surface area contributed by atoms with Gasteiger partial charge in [0.15, 0.2) is 0 Å². The highest BCUT2D eigenvalue weighted by molar-refractivity contribution is 4.62. The predicted molar refractivity (Wildman–Crippen MR) is 398 cm³/mol. The van der Waals surface area contributed by atoms with Gasteiger partial charge in [-0.15, -0.1) is 0 Å². The van der Waals surface area contributed by atoms with E-state index in [2.05, 4.69) is 104 Å². The second-order valence-electron chi connectivity index (χ2n) is 32.3. The second kappa shape index (κ2) is 74.7. The molecule has 4 unspecified atom stereocenters. The fourth-order valence-corrected chi connectivity index (χ4v) is 13.4. The van der Waals surface area contributed by atoms with Crippen LogP contribution in [0, 0.1) is 53.3 Å². The molecule has 0 radical (unpaired) electrons. The van der Waals surface area contributed by atoms with Crippen molar-refractivity contribution in [1.82, 2.24) is 0 Å². The summed E-state index contributed by atoms with van der Waals surface area (Å²) in [6.07, 6.45) is 89.6. The molecule has 0 aromatic rings. The third kappa shape index (κ3) is 88.3. The van der Waals surface area contributed by atoms with Gasteiger partial charge in [0.1, 0.15) is 0 Å². The first-order valence-electron chi connectivity index (χ1n) is 41.1. The molecule has 0 rings (SSSR count). The Kier molecular flexibility index (Phi) is 78.4. The van der Waals surface area contributed by atoms with Gasteiger partial charge in [0.2, 0.25) is 0 Å². The highest BCUT2D eigenvalue weighted by atomic mass is 14.1. The predicted octanol–water partition coefficient (Wildman–Crippen LogP) is 32.6. The highest BCUT2D eigenvalue weighted by Gasteiger charge is 2.08. The number of rotatable bonds is 67. The summed E-state index contributed by atoms with van der Waals surface area (Å²) in [6.45, 7) is 35.6. The van der Waals surface area contributed by atoms with Crippen molar-refractivity contribution < 1.29 is 0 Å².